The van der Waals surface area contributed by atoms with Crippen LogP contribution in [-0.4, -0.2) is 47.4 Å². The first-order chi connectivity index (χ1) is 14.2. The Hall–Kier alpha value is -2.00. The van der Waals surface area contributed by atoms with Crippen LogP contribution in [0.1, 0.15) is 17.9 Å². The minimum absolute atomic E-state index is 0.00668. The average molecular weight is 474 g/mol. The molecule has 162 valence electrons. The van der Waals surface area contributed by atoms with Gasteiger partial charge in [-0.05, 0) is 36.2 Å². The number of hydrogen-bond acceptors (Lipinski definition) is 6. The van der Waals surface area contributed by atoms with Gasteiger partial charge in [0.1, 0.15) is 13.2 Å². The molecule has 1 amide bonds. The van der Waals surface area contributed by atoms with Crippen molar-refractivity contribution in [2.75, 3.05) is 38.0 Å². The maximum Gasteiger partial charge on any atom is 0.264 e. The highest BCUT2D eigenvalue weighted by Gasteiger charge is 2.34. The molecular weight excluding hydrogens is 453 g/mol. The predicted octanol–water partition coefficient (Wildman–Crippen LogP) is 3.88. The van der Waals surface area contributed by atoms with Gasteiger partial charge in [0.2, 0.25) is 5.91 Å². The highest BCUT2D eigenvalue weighted by molar-refractivity contribution is 7.85. The van der Waals surface area contributed by atoms with E-state index in [9.17, 15) is 13.2 Å². The Morgan fingerprint density at radius 2 is 1.83 bits per heavy atom. The second kappa shape index (κ2) is 9.43. The zero-order valence-corrected chi connectivity index (χ0v) is 18.8. The number of rotatable bonds is 8. The standard InChI is InChI=1S/C20H21Cl2NO6S/c1-27-18-6-4-14(12-19(18)28-9-10-29-30(2,25)26)23-8-7-15(20(23)24)13-3-5-16(21)17(22)11-13/h3-6,11-12,15H,7-10H2,1-2H3. The molecular formula is C20H21Cl2NO6S. The molecule has 1 fully saturated rings. The van der Waals surface area contributed by atoms with Crippen LogP contribution in [0.3, 0.4) is 0 Å². The molecule has 2 aromatic carbocycles. The number of amides is 1. The van der Waals surface area contributed by atoms with E-state index in [1.165, 1.54) is 7.11 Å². The monoisotopic (exact) mass is 473 g/mol. The number of methoxy groups -OCH3 is 1. The lowest BCUT2D eigenvalue weighted by Crippen LogP contribution is -2.26. The minimum Gasteiger partial charge on any atom is -0.493 e. The molecule has 1 heterocycles. The molecule has 1 aliphatic heterocycles. The fraction of sp³-hybridized carbons (Fsp3) is 0.350. The molecule has 0 spiro atoms. The fourth-order valence-corrected chi connectivity index (χ4v) is 3.94. The molecule has 1 unspecified atom stereocenters. The van der Waals surface area contributed by atoms with Crippen LogP contribution in [0, 0.1) is 0 Å². The molecule has 2 aromatic rings. The van der Waals surface area contributed by atoms with Gasteiger partial charge in [0.15, 0.2) is 11.5 Å². The summed E-state index contributed by atoms with van der Waals surface area (Å²) in [6, 6.07) is 10.4. The van der Waals surface area contributed by atoms with Crippen LogP contribution in [0.25, 0.3) is 0 Å². The highest BCUT2D eigenvalue weighted by atomic mass is 35.5. The van der Waals surface area contributed by atoms with Crippen molar-refractivity contribution in [3.05, 3.63) is 52.0 Å². The van der Waals surface area contributed by atoms with Crippen molar-refractivity contribution in [1.29, 1.82) is 0 Å². The Morgan fingerprint density at radius 1 is 1.07 bits per heavy atom. The summed E-state index contributed by atoms with van der Waals surface area (Å²) < 4.78 is 37.7. The Kier molecular flexibility index (Phi) is 7.13. The molecule has 10 heteroatoms. The van der Waals surface area contributed by atoms with Gasteiger partial charge in [-0.2, -0.15) is 8.42 Å². The van der Waals surface area contributed by atoms with Gasteiger partial charge < -0.3 is 14.4 Å². The lowest BCUT2D eigenvalue weighted by Gasteiger charge is -2.19. The Labute approximate surface area is 185 Å². The van der Waals surface area contributed by atoms with Gasteiger partial charge in [0.25, 0.3) is 10.1 Å². The van der Waals surface area contributed by atoms with E-state index in [1.54, 1.807) is 35.2 Å². The summed E-state index contributed by atoms with van der Waals surface area (Å²) in [5.74, 6) is 0.489. The molecule has 3 rings (SSSR count). The van der Waals surface area contributed by atoms with E-state index in [2.05, 4.69) is 4.18 Å². The third kappa shape index (κ3) is 5.37. The van der Waals surface area contributed by atoms with Gasteiger partial charge in [-0.3, -0.25) is 8.98 Å². The quantitative estimate of drug-likeness (QED) is 0.427. The van der Waals surface area contributed by atoms with E-state index >= 15 is 0 Å². The minimum atomic E-state index is -3.54. The summed E-state index contributed by atoms with van der Waals surface area (Å²) in [7, 11) is -2.05. The molecule has 1 atom stereocenters. The number of anilines is 1. The maximum atomic E-state index is 13.0. The Bertz CT molecular complexity index is 1040. The largest absolute Gasteiger partial charge is 0.493 e. The maximum absolute atomic E-state index is 13.0. The smallest absolute Gasteiger partial charge is 0.264 e. The van der Waals surface area contributed by atoms with Crippen molar-refractivity contribution in [3.63, 3.8) is 0 Å². The molecule has 0 radical (unpaired) electrons. The van der Waals surface area contributed by atoms with Crippen molar-refractivity contribution in [1.82, 2.24) is 0 Å². The van der Waals surface area contributed by atoms with Gasteiger partial charge in [0, 0.05) is 18.3 Å². The zero-order chi connectivity index (χ0) is 21.9. The van der Waals surface area contributed by atoms with Gasteiger partial charge in [-0.15, -0.1) is 0 Å². The first-order valence-corrected chi connectivity index (χ1v) is 11.7. The van der Waals surface area contributed by atoms with Gasteiger partial charge in [0.05, 0.1) is 29.3 Å². The first kappa shape index (κ1) is 22.7. The van der Waals surface area contributed by atoms with Crippen molar-refractivity contribution in [2.45, 2.75) is 12.3 Å². The number of ether oxygens (including phenoxy) is 2. The highest BCUT2D eigenvalue weighted by Crippen LogP contribution is 2.38. The summed E-state index contributed by atoms with van der Waals surface area (Å²) in [5, 5.41) is 0.858. The van der Waals surface area contributed by atoms with Crippen molar-refractivity contribution >= 4 is 44.9 Å². The number of carbonyl (C=O) groups excluding carboxylic acids is 1. The van der Waals surface area contributed by atoms with E-state index in [-0.39, 0.29) is 25.0 Å². The molecule has 0 bridgehead atoms. The molecule has 0 saturated carbocycles. The number of benzene rings is 2. The molecule has 1 aliphatic rings. The molecule has 0 N–H and O–H groups in total. The Balaban J connectivity index is 1.75. The average Bonchev–Trinajstić information content (AvgIpc) is 3.08. The predicted molar refractivity (Wildman–Crippen MR) is 115 cm³/mol. The normalized spacial score (nSPS) is 16.7. The van der Waals surface area contributed by atoms with Crippen molar-refractivity contribution in [3.8, 4) is 11.5 Å². The second-order valence-electron chi connectivity index (χ2n) is 6.71. The van der Waals surface area contributed by atoms with Crippen LogP contribution in [0.5, 0.6) is 11.5 Å². The number of nitrogens with zero attached hydrogens (tertiary/aromatic N) is 1. The van der Waals surface area contributed by atoms with Gasteiger partial charge in [-0.1, -0.05) is 29.3 Å². The summed E-state index contributed by atoms with van der Waals surface area (Å²) >= 11 is 12.1. The lowest BCUT2D eigenvalue weighted by molar-refractivity contribution is -0.118. The van der Waals surface area contributed by atoms with E-state index < -0.39 is 10.1 Å². The van der Waals surface area contributed by atoms with E-state index in [0.717, 1.165) is 11.8 Å². The van der Waals surface area contributed by atoms with Crippen LogP contribution in [0.15, 0.2) is 36.4 Å². The van der Waals surface area contributed by atoms with Gasteiger partial charge in [-0.25, -0.2) is 0 Å². The number of carbonyl (C=O) groups is 1. The van der Waals surface area contributed by atoms with E-state index in [0.29, 0.717) is 40.2 Å². The number of hydrogen-bond donors (Lipinski definition) is 0. The topological polar surface area (TPSA) is 82.1 Å². The summed E-state index contributed by atoms with van der Waals surface area (Å²) in [4.78, 5) is 14.7. The SMILES string of the molecule is COc1ccc(N2CCC(c3ccc(Cl)c(Cl)c3)C2=O)cc1OCCOS(C)(=O)=O. The van der Waals surface area contributed by atoms with Crippen LogP contribution >= 0.6 is 23.2 Å². The second-order valence-corrected chi connectivity index (χ2v) is 9.17. The fourth-order valence-electron chi connectivity index (χ4n) is 3.26. The molecule has 0 aromatic heterocycles. The summed E-state index contributed by atoms with van der Waals surface area (Å²) in [5.41, 5.74) is 1.47. The first-order valence-electron chi connectivity index (χ1n) is 9.11. The Morgan fingerprint density at radius 3 is 2.50 bits per heavy atom. The van der Waals surface area contributed by atoms with Crippen molar-refractivity contribution < 1.29 is 26.9 Å². The van der Waals surface area contributed by atoms with Crippen LogP contribution in [0.4, 0.5) is 5.69 Å². The molecule has 30 heavy (non-hydrogen) atoms. The summed E-state index contributed by atoms with van der Waals surface area (Å²) in [6.45, 7) is 0.410. The van der Waals surface area contributed by atoms with Crippen LogP contribution in [0.2, 0.25) is 10.0 Å². The molecule has 1 saturated heterocycles. The third-order valence-corrected chi connectivity index (χ3v) is 5.98. The summed E-state index contributed by atoms with van der Waals surface area (Å²) in [6.07, 6.45) is 1.61. The molecule has 0 aliphatic carbocycles. The van der Waals surface area contributed by atoms with Crippen LogP contribution in [-0.2, 0) is 19.1 Å². The third-order valence-electron chi connectivity index (χ3n) is 4.65. The van der Waals surface area contributed by atoms with E-state index in [1.807, 2.05) is 6.07 Å². The van der Waals surface area contributed by atoms with Crippen molar-refractivity contribution in [2.24, 2.45) is 0 Å². The number of halogens is 2. The lowest BCUT2D eigenvalue weighted by atomic mass is 9.98. The van der Waals surface area contributed by atoms with Gasteiger partial charge >= 0.3 is 0 Å². The van der Waals surface area contributed by atoms with E-state index in [4.69, 9.17) is 32.7 Å². The zero-order valence-electron chi connectivity index (χ0n) is 16.4. The van der Waals surface area contributed by atoms with Crippen LogP contribution < -0.4 is 14.4 Å². The molecule has 7 nitrogen and oxygen atoms in total.